The number of rotatable bonds is 10. The van der Waals surface area contributed by atoms with Gasteiger partial charge in [0.05, 0.1) is 6.61 Å². The van der Waals surface area contributed by atoms with Gasteiger partial charge < -0.3 is 14.2 Å². The summed E-state index contributed by atoms with van der Waals surface area (Å²) in [6.07, 6.45) is 2.41. The number of halogens is 1. The van der Waals surface area contributed by atoms with Crippen molar-refractivity contribution in [3.8, 4) is 11.5 Å². The summed E-state index contributed by atoms with van der Waals surface area (Å²) >= 11 is 5.85. The molecule has 1 atom stereocenters. The normalized spacial score (nSPS) is 11.7. The van der Waals surface area contributed by atoms with Crippen molar-refractivity contribution in [2.45, 2.75) is 45.8 Å². The maximum absolute atomic E-state index is 11.9. The Hall–Kier alpha value is -2.20. The summed E-state index contributed by atoms with van der Waals surface area (Å²) in [6, 6.07) is 14.7. The highest BCUT2D eigenvalue weighted by atomic mass is 35.5. The van der Waals surface area contributed by atoms with Gasteiger partial charge in [-0.3, -0.25) is 0 Å². The topological polar surface area (TPSA) is 44.8 Å². The minimum Gasteiger partial charge on any atom is -0.489 e. The van der Waals surface area contributed by atoms with Gasteiger partial charge in [0.25, 0.3) is 0 Å². The summed E-state index contributed by atoms with van der Waals surface area (Å²) < 4.78 is 16.5. The minimum absolute atomic E-state index is 0.337. The fraction of sp³-hybridized carbons (Fsp3) is 0.381. The van der Waals surface area contributed by atoms with Gasteiger partial charge in [0.1, 0.15) is 18.1 Å². The molecule has 26 heavy (non-hydrogen) atoms. The van der Waals surface area contributed by atoms with Crippen LogP contribution in [0.2, 0.25) is 5.02 Å². The molecule has 0 fully saturated rings. The summed E-state index contributed by atoms with van der Waals surface area (Å²) in [7, 11) is 0. The molecule has 5 heteroatoms. The molecule has 4 nitrogen and oxygen atoms in total. The summed E-state index contributed by atoms with van der Waals surface area (Å²) in [6.45, 7) is 4.69. The lowest BCUT2D eigenvalue weighted by molar-refractivity contribution is -0.151. The number of hydrogen-bond donors (Lipinski definition) is 0. The van der Waals surface area contributed by atoms with Gasteiger partial charge in [0.2, 0.25) is 0 Å². The van der Waals surface area contributed by atoms with Crippen molar-refractivity contribution in [3.05, 3.63) is 59.1 Å². The molecule has 140 valence electrons. The predicted octanol–water partition coefficient (Wildman–Crippen LogP) is 5.42. The zero-order chi connectivity index (χ0) is 18.8. The molecule has 0 spiro atoms. The first-order valence-corrected chi connectivity index (χ1v) is 9.27. The first-order valence-electron chi connectivity index (χ1n) is 8.89. The molecule has 0 N–H and O–H groups in total. The van der Waals surface area contributed by atoms with E-state index >= 15 is 0 Å². The molecular formula is C21H25ClO4. The third-order valence-electron chi connectivity index (χ3n) is 3.78. The second-order valence-corrected chi connectivity index (χ2v) is 6.46. The van der Waals surface area contributed by atoms with Crippen molar-refractivity contribution in [2.24, 2.45) is 0 Å². The first-order chi connectivity index (χ1) is 12.6. The summed E-state index contributed by atoms with van der Waals surface area (Å²) in [4.78, 5) is 11.9. The molecule has 0 aliphatic carbocycles. The summed E-state index contributed by atoms with van der Waals surface area (Å²) in [5, 5.41) is 0.678. The maximum atomic E-state index is 11.9. The number of unbranched alkanes of at least 4 members (excludes halogenated alkanes) is 2. The van der Waals surface area contributed by atoms with Crippen LogP contribution in [0.3, 0.4) is 0 Å². The standard InChI is InChI=1S/C21H25ClO4/c1-3-4-5-14-24-21(23)16(2)26-20-10-6-17(7-11-20)15-25-19-12-8-18(22)9-13-19/h6-13,16H,3-5,14-15H2,1-2H3. The Labute approximate surface area is 160 Å². The number of carbonyl (C=O) groups is 1. The molecule has 2 rings (SSSR count). The van der Waals surface area contributed by atoms with Crippen LogP contribution in [0.5, 0.6) is 11.5 Å². The fourth-order valence-electron chi connectivity index (χ4n) is 2.26. The molecule has 0 amide bonds. The van der Waals surface area contributed by atoms with E-state index in [1.165, 1.54) is 0 Å². The van der Waals surface area contributed by atoms with Crippen molar-refractivity contribution in [3.63, 3.8) is 0 Å². The first kappa shape index (κ1) is 20.1. The van der Waals surface area contributed by atoms with Gasteiger partial charge >= 0.3 is 5.97 Å². The summed E-state index contributed by atoms with van der Waals surface area (Å²) in [5.41, 5.74) is 1.00. The quantitative estimate of drug-likeness (QED) is 0.410. The van der Waals surface area contributed by atoms with Gasteiger partial charge in [-0.15, -0.1) is 0 Å². The van der Waals surface area contributed by atoms with Crippen molar-refractivity contribution >= 4 is 17.6 Å². The van der Waals surface area contributed by atoms with Crippen LogP contribution in [0.15, 0.2) is 48.5 Å². The van der Waals surface area contributed by atoms with Crippen LogP contribution >= 0.6 is 11.6 Å². The predicted molar refractivity (Wildman–Crippen MR) is 103 cm³/mol. The van der Waals surface area contributed by atoms with Crippen LogP contribution in [0.1, 0.15) is 38.7 Å². The number of carbonyl (C=O) groups excluding carboxylic acids is 1. The minimum atomic E-state index is -0.632. The fourth-order valence-corrected chi connectivity index (χ4v) is 2.38. The Morgan fingerprint density at radius 1 is 1.00 bits per heavy atom. The van der Waals surface area contributed by atoms with Crippen LogP contribution in [0.25, 0.3) is 0 Å². The molecule has 0 saturated heterocycles. The van der Waals surface area contributed by atoms with Crippen LogP contribution in [0, 0.1) is 0 Å². The van der Waals surface area contributed by atoms with Crippen LogP contribution in [-0.4, -0.2) is 18.7 Å². The molecule has 0 radical (unpaired) electrons. The van der Waals surface area contributed by atoms with E-state index in [1.807, 2.05) is 36.4 Å². The van der Waals surface area contributed by atoms with E-state index in [9.17, 15) is 4.79 Å². The Morgan fingerprint density at radius 3 is 2.31 bits per heavy atom. The molecule has 2 aromatic carbocycles. The van der Waals surface area contributed by atoms with E-state index < -0.39 is 6.10 Å². The molecule has 1 unspecified atom stereocenters. The second-order valence-electron chi connectivity index (χ2n) is 6.02. The number of esters is 1. The van der Waals surface area contributed by atoms with E-state index in [0.717, 1.165) is 30.6 Å². The average molecular weight is 377 g/mol. The zero-order valence-electron chi connectivity index (χ0n) is 15.2. The second kappa shape index (κ2) is 10.7. The molecule has 0 aromatic heterocycles. The molecular weight excluding hydrogens is 352 g/mol. The molecule has 0 aliphatic rings. The van der Waals surface area contributed by atoms with E-state index in [1.54, 1.807) is 19.1 Å². The Balaban J connectivity index is 1.77. The van der Waals surface area contributed by atoms with Crippen LogP contribution < -0.4 is 9.47 Å². The van der Waals surface area contributed by atoms with Crippen molar-refractivity contribution in [1.82, 2.24) is 0 Å². The maximum Gasteiger partial charge on any atom is 0.347 e. The van der Waals surface area contributed by atoms with Crippen LogP contribution in [-0.2, 0) is 16.1 Å². The van der Waals surface area contributed by atoms with E-state index in [-0.39, 0.29) is 5.97 Å². The highest BCUT2D eigenvalue weighted by molar-refractivity contribution is 6.30. The van der Waals surface area contributed by atoms with E-state index in [4.69, 9.17) is 25.8 Å². The largest absolute Gasteiger partial charge is 0.489 e. The van der Waals surface area contributed by atoms with Gasteiger partial charge in [0, 0.05) is 5.02 Å². The number of ether oxygens (including phenoxy) is 3. The van der Waals surface area contributed by atoms with Gasteiger partial charge in [-0.2, -0.15) is 0 Å². The Morgan fingerprint density at radius 2 is 1.65 bits per heavy atom. The Bertz CT molecular complexity index is 667. The van der Waals surface area contributed by atoms with Crippen molar-refractivity contribution in [1.29, 1.82) is 0 Å². The number of hydrogen-bond acceptors (Lipinski definition) is 4. The summed E-state index contributed by atoms with van der Waals surface area (Å²) in [5.74, 6) is 1.05. The third-order valence-corrected chi connectivity index (χ3v) is 4.03. The lowest BCUT2D eigenvalue weighted by atomic mass is 10.2. The third kappa shape index (κ3) is 6.96. The molecule has 0 heterocycles. The Kier molecular flexibility index (Phi) is 8.29. The highest BCUT2D eigenvalue weighted by Gasteiger charge is 2.16. The van der Waals surface area contributed by atoms with Gasteiger partial charge in [0.15, 0.2) is 6.10 Å². The van der Waals surface area contributed by atoms with Crippen molar-refractivity contribution < 1.29 is 19.0 Å². The van der Waals surface area contributed by atoms with Crippen LogP contribution in [0.4, 0.5) is 0 Å². The van der Waals surface area contributed by atoms with Crippen molar-refractivity contribution in [2.75, 3.05) is 6.61 Å². The number of benzene rings is 2. The lowest BCUT2D eigenvalue weighted by Gasteiger charge is -2.14. The van der Waals surface area contributed by atoms with E-state index in [0.29, 0.717) is 24.0 Å². The van der Waals surface area contributed by atoms with E-state index in [2.05, 4.69) is 6.92 Å². The lowest BCUT2D eigenvalue weighted by Crippen LogP contribution is -2.26. The van der Waals surface area contributed by atoms with Gasteiger partial charge in [-0.1, -0.05) is 43.5 Å². The molecule has 2 aromatic rings. The zero-order valence-corrected chi connectivity index (χ0v) is 16.0. The molecule has 0 aliphatic heterocycles. The monoisotopic (exact) mass is 376 g/mol. The smallest absolute Gasteiger partial charge is 0.347 e. The average Bonchev–Trinajstić information content (AvgIpc) is 2.65. The SMILES string of the molecule is CCCCCOC(=O)C(C)Oc1ccc(COc2ccc(Cl)cc2)cc1. The van der Waals surface area contributed by atoms with Gasteiger partial charge in [-0.25, -0.2) is 4.79 Å². The van der Waals surface area contributed by atoms with Gasteiger partial charge in [-0.05, 0) is 55.3 Å². The highest BCUT2D eigenvalue weighted by Crippen LogP contribution is 2.19. The molecule has 0 saturated carbocycles. The molecule has 0 bridgehead atoms.